The first-order chi connectivity index (χ1) is 38.6. The van der Waals surface area contributed by atoms with Crippen molar-refractivity contribution in [1.82, 2.24) is 5.32 Å². The van der Waals surface area contributed by atoms with Gasteiger partial charge < -0.3 is 65.1 Å². The molecule has 2 rings (SSSR count). The highest BCUT2D eigenvalue weighted by Crippen LogP contribution is 2.30. The zero-order chi connectivity index (χ0) is 57.4. The Morgan fingerprint density at radius 2 is 0.835 bits per heavy atom. The van der Waals surface area contributed by atoms with Crippen LogP contribution in [0.4, 0.5) is 0 Å². The molecule has 0 aromatic carbocycles. The number of hydrogen-bond acceptors (Lipinski definition) is 13. The summed E-state index contributed by atoms with van der Waals surface area (Å²) < 4.78 is 22.9. The molecule has 0 saturated carbocycles. The third kappa shape index (κ3) is 36.0. The van der Waals surface area contributed by atoms with Crippen molar-refractivity contribution in [2.75, 3.05) is 19.8 Å². The first-order valence-electron chi connectivity index (χ1n) is 33.1. The van der Waals surface area contributed by atoms with E-state index in [1.807, 2.05) is 0 Å². The van der Waals surface area contributed by atoms with E-state index in [4.69, 9.17) is 18.9 Å². The highest BCUT2D eigenvalue weighted by atomic mass is 16.7. The van der Waals surface area contributed by atoms with E-state index in [1.165, 1.54) is 199 Å². The van der Waals surface area contributed by atoms with E-state index >= 15 is 0 Å². The third-order valence-corrected chi connectivity index (χ3v) is 16.4. The molecular weight excluding hydrogens is 1000 g/mol. The Labute approximate surface area is 481 Å². The molecule has 466 valence electrons. The molecule has 79 heavy (non-hydrogen) atoms. The Morgan fingerprint density at radius 1 is 0.456 bits per heavy atom. The second kappa shape index (κ2) is 50.9. The maximum absolute atomic E-state index is 13.3. The van der Waals surface area contributed by atoms with Gasteiger partial charge in [0.1, 0.15) is 48.8 Å². The lowest BCUT2D eigenvalue weighted by atomic mass is 9.97. The number of aliphatic hydroxyl groups excluding tert-OH is 8. The quantitative estimate of drug-likeness (QED) is 0.0204. The van der Waals surface area contributed by atoms with Crippen molar-refractivity contribution in [3.8, 4) is 0 Å². The van der Waals surface area contributed by atoms with E-state index in [0.717, 1.165) is 57.8 Å². The molecule has 0 aliphatic carbocycles. The number of allylic oxidation sites excluding steroid dienone is 4. The fraction of sp³-hybridized carbons (Fsp3) is 0.923. The zero-order valence-corrected chi connectivity index (χ0v) is 50.4. The number of amides is 1. The summed E-state index contributed by atoms with van der Waals surface area (Å²) in [4.78, 5) is 13.3. The van der Waals surface area contributed by atoms with Crippen LogP contribution < -0.4 is 5.32 Å². The van der Waals surface area contributed by atoms with E-state index in [-0.39, 0.29) is 12.5 Å². The van der Waals surface area contributed by atoms with Crippen molar-refractivity contribution >= 4 is 5.91 Å². The van der Waals surface area contributed by atoms with E-state index in [0.29, 0.717) is 19.3 Å². The minimum atomic E-state index is -1.78. The maximum atomic E-state index is 13.3. The average molecular weight is 1130 g/mol. The Hall–Kier alpha value is -1.53. The van der Waals surface area contributed by atoms with Crippen molar-refractivity contribution in [3.63, 3.8) is 0 Å². The molecule has 0 radical (unpaired) electrons. The molecule has 9 N–H and O–H groups in total. The molecule has 0 aromatic rings. The fourth-order valence-corrected chi connectivity index (χ4v) is 11.1. The number of nitrogens with one attached hydrogen (secondary N) is 1. The molecule has 0 aromatic heterocycles. The molecule has 12 unspecified atom stereocenters. The van der Waals surface area contributed by atoms with E-state index in [2.05, 4.69) is 43.5 Å². The minimum absolute atomic E-state index is 0.211. The zero-order valence-electron chi connectivity index (χ0n) is 50.4. The normalized spacial score (nSPS) is 24.5. The van der Waals surface area contributed by atoms with Crippen LogP contribution in [0.1, 0.15) is 290 Å². The Bertz CT molecular complexity index is 1420. The molecule has 14 heteroatoms. The maximum Gasteiger partial charge on any atom is 0.220 e. The highest BCUT2D eigenvalue weighted by molar-refractivity contribution is 5.76. The Kier molecular flexibility index (Phi) is 47.4. The third-order valence-electron chi connectivity index (χ3n) is 16.4. The van der Waals surface area contributed by atoms with Crippen LogP contribution in [-0.4, -0.2) is 140 Å². The van der Waals surface area contributed by atoms with Crippen LogP contribution in [0.25, 0.3) is 0 Å². The first-order valence-corrected chi connectivity index (χ1v) is 33.1. The van der Waals surface area contributed by atoms with Crippen LogP contribution in [-0.2, 0) is 23.7 Å². The number of carbonyl (C=O) groups is 1. The van der Waals surface area contributed by atoms with Crippen LogP contribution in [0.15, 0.2) is 24.3 Å². The second-order valence-electron chi connectivity index (χ2n) is 23.6. The van der Waals surface area contributed by atoms with E-state index in [9.17, 15) is 45.6 Å². The van der Waals surface area contributed by atoms with Gasteiger partial charge in [-0.15, -0.1) is 0 Å². The number of rotatable bonds is 54. The number of carbonyl (C=O) groups excluding carboxylic acids is 1. The monoisotopic (exact) mass is 1130 g/mol. The summed E-state index contributed by atoms with van der Waals surface area (Å²) in [6, 6.07) is -0.833. The lowest BCUT2D eigenvalue weighted by molar-refractivity contribution is -0.359. The summed E-state index contributed by atoms with van der Waals surface area (Å²) in [5, 5.41) is 87.4. The molecule has 12 atom stereocenters. The summed E-state index contributed by atoms with van der Waals surface area (Å²) in [5.74, 6) is -0.211. The van der Waals surface area contributed by atoms with Crippen LogP contribution in [0.5, 0.6) is 0 Å². The lowest BCUT2D eigenvalue weighted by Gasteiger charge is -2.46. The molecule has 2 aliphatic rings. The van der Waals surface area contributed by atoms with Crippen LogP contribution >= 0.6 is 0 Å². The van der Waals surface area contributed by atoms with Crippen LogP contribution in [0.3, 0.4) is 0 Å². The van der Waals surface area contributed by atoms with Crippen molar-refractivity contribution in [1.29, 1.82) is 0 Å². The standard InChI is InChI=1S/C65H123NO13/c1-3-5-7-9-11-13-15-17-19-21-22-23-24-25-26-27-28-29-30-31-33-34-36-38-40-42-44-46-48-54(69)53(66-57(70)49-47-45-43-41-39-37-35-32-20-18-16-14-12-10-8-6-4-2)52-76-64-62(75)60(73)63(56(51-68)78-64)79-65-61(74)59(72)58(71)55(50-67)77-65/h12,14,18,20,53-56,58-65,67-69,71-75H,3-11,13,15-17,19,21-52H2,1-2H3,(H,66,70)/b14-12-,20-18-. The predicted molar refractivity (Wildman–Crippen MR) is 318 cm³/mol. The topological polar surface area (TPSA) is 228 Å². The predicted octanol–water partition coefficient (Wildman–Crippen LogP) is 12.4. The summed E-state index contributed by atoms with van der Waals surface area (Å²) >= 11 is 0. The molecule has 2 heterocycles. The van der Waals surface area contributed by atoms with Gasteiger partial charge in [-0.2, -0.15) is 0 Å². The van der Waals surface area contributed by atoms with Gasteiger partial charge in [0.25, 0.3) is 0 Å². The van der Waals surface area contributed by atoms with Gasteiger partial charge in [0, 0.05) is 6.42 Å². The molecule has 0 bridgehead atoms. The van der Waals surface area contributed by atoms with Crippen LogP contribution in [0.2, 0.25) is 0 Å². The number of ether oxygens (including phenoxy) is 4. The highest BCUT2D eigenvalue weighted by Gasteiger charge is 2.51. The molecule has 2 fully saturated rings. The smallest absolute Gasteiger partial charge is 0.220 e. The number of unbranched alkanes of at least 4 members (excludes halogenated alkanes) is 37. The SMILES string of the molecule is CCCCC/C=C\C/C=C\CCCCCCCCCC(=O)NC(COC1OC(CO)C(OC2OC(CO)C(O)C(O)C2O)C(O)C1O)C(O)CCCCCCCCCCCCCCCCCCCCCCCCCCCCCC. The van der Waals surface area contributed by atoms with Gasteiger partial charge >= 0.3 is 0 Å². The number of hydrogen-bond donors (Lipinski definition) is 9. The summed E-state index contributed by atoms with van der Waals surface area (Å²) in [7, 11) is 0. The Morgan fingerprint density at radius 3 is 1.29 bits per heavy atom. The van der Waals surface area contributed by atoms with Gasteiger partial charge in [0.15, 0.2) is 12.6 Å². The average Bonchev–Trinajstić information content (AvgIpc) is 3.47. The van der Waals surface area contributed by atoms with E-state index < -0.39 is 86.8 Å². The molecule has 14 nitrogen and oxygen atoms in total. The minimum Gasteiger partial charge on any atom is -0.394 e. The van der Waals surface area contributed by atoms with Gasteiger partial charge in [-0.3, -0.25) is 4.79 Å². The fourth-order valence-electron chi connectivity index (χ4n) is 11.1. The largest absolute Gasteiger partial charge is 0.394 e. The molecular formula is C65H123NO13. The second-order valence-corrected chi connectivity index (χ2v) is 23.6. The summed E-state index contributed by atoms with van der Waals surface area (Å²) in [6.45, 7) is 2.87. The van der Waals surface area contributed by atoms with Crippen molar-refractivity contribution in [2.45, 2.75) is 364 Å². The molecule has 2 aliphatic heterocycles. The van der Waals surface area contributed by atoms with Crippen LogP contribution in [0, 0.1) is 0 Å². The first kappa shape index (κ1) is 73.6. The van der Waals surface area contributed by atoms with Crippen molar-refractivity contribution in [2.24, 2.45) is 0 Å². The van der Waals surface area contributed by atoms with Gasteiger partial charge in [-0.05, 0) is 44.9 Å². The van der Waals surface area contributed by atoms with Gasteiger partial charge in [0.2, 0.25) is 5.91 Å². The van der Waals surface area contributed by atoms with Crippen molar-refractivity contribution < 1.29 is 64.6 Å². The van der Waals surface area contributed by atoms with Crippen molar-refractivity contribution in [3.05, 3.63) is 24.3 Å². The number of aliphatic hydroxyl groups is 8. The van der Waals surface area contributed by atoms with Gasteiger partial charge in [0.05, 0.1) is 32.0 Å². The molecule has 2 saturated heterocycles. The van der Waals surface area contributed by atoms with E-state index in [1.54, 1.807) is 0 Å². The lowest BCUT2D eigenvalue weighted by Crippen LogP contribution is -2.65. The Balaban J connectivity index is 1.68. The summed E-state index contributed by atoms with van der Waals surface area (Å²) in [6.07, 6.45) is 44.7. The summed E-state index contributed by atoms with van der Waals surface area (Å²) in [5.41, 5.74) is 0. The molecule has 1 amide bonds. The molecule has 0 spiro atoms. The van der Waals surface area contributed by atoms with Gasteiger partial charge in [-0.1, -0.05) is 263 Å². The van der Waals surface area contributed by atoms with Gasteiger partial charge in [-0.25, -0.2) is 0 Å².